The van der Waals surface area contributed by atoms with Crippen LogP contribution in [0.3, 0.4) is 0 Å². The third-order valence-corrected chi connectivity index (χ3v) is 3.11. The van der Waals surface area contributed by atoms with Crippen molar-refractivity contribution < 1.29 is 4.39 Å². The average molecular weight is 264 g/mol. The molecule has 18 heavy (non-hydrogen) atoms. The minimum atomic E-state index is -0.212. The maximum atomic E-state index is 13.0. The molecule has 0 heterocycles. The normalized spacial score (nSPS) is 12.3. The molecule has 1 atom stereocenters. The zero-order valence-corrected chi connectivity index (χ0v) is 10.7. The van der Waals surface area contributed by atoms with E-state index in [-0.39, 0.29) is 11.9 Å². The molecule has 1 nitrogen and oxygen atoms in total. The van der Waals surface area contributed by atoms with Gasteiger partial charge in [-0.3, -0.25) is 0 Å². The van der Waals surface area contributed by atoms with E-state index in [1.165, 1.54) is 12.1 Å². The molecule has 0 aliphatic heterocycles. The first-order valence-electron chi connectivity index (χ1n) is 5.88. The van der Waals surface area contributed by atoms with Gasteiger partial charge in [0.15, 0.2) is 0 Å². The van der Waals surface area contributed by atoms with E-state index < -0.39 is 0 Å². The van der Waals surface area contributed by atoms with Gasteiger partial charge in [0.2, 0.25) is 0 Å². The SMILES string of the molecule is Fc1cccc(CNC(CCl)c2ccccc2)c1. The highest BCUT2D eigenvalue weighted by Gasteiger charge is 2.08. The van der Waals surface area contributed by atoms with Crippen LogP contribution in [-0.4, -0.2) is 5.88 Å². The lowest BCUT2D eigenvalue weighted by atomic mass is 10.1. The predicted molar refractivity (Wildman–Crippen MR) is 73.1 cm³/mol. The number of hydrogen-bond donors (Lipinski definition) is 1. The lowest BCUT2D eigenvalue weighted by molar-refractivity contribution is 0.573. The molecular weight excluding hydrogens is 249 g/mol. The molecule has 3 heteroatoms. The number of nitrogens with one attached hydrogen (secondary N) is 1. The topological polar surface area (TPSA) is 12.0 Å². The minimum absolute atomic E-state index is 0.0798. The Morgan fingerprint density at radius 1 is 1.06 bits per heavy atom. The largest absolute Gasteiger partial charge is 0.305 e. The molecule has 2 rings (SSSR count). The molecule has 1 N–H and O–H groups in total. The van der Waals surface area contributed by atoms with Gasteiger partial charge in [-0.1, -0.05) is 42.5 Å². The maximum Gasteiger partial charge on any atom is 0.123 e. The average Bonchev–Trinajstić information content (AvgIpc) is 2.41. The van der Waals surface area contributed by atoms with Crippen LogP contribution in [0.25, 0.3) is 0 Å². The van der Waals surface area contributed by atoms with Crippen LogP contribution in [0.5, 0.6) is 0 Å². The Kier molecular flexibility index (Phi) is 4.73. The molecule has 0 spiro atoms. The Bertz CT molecular complexity index is 487. The van der Waals surface area contributed by atoms with Gasteiger partial charge in [-0.25, -0.2) is 4.39 Å². The second-order valence-corrected chi connectivity index (χ2v) is 4.44. The summed E-state index contributed by atoms with van der Waals surface area (Å²) in [6.45, 7) is 0.601. The van der Waals surface area contributed by atoms with Crippen LogP contribution in [0.15, 0.2) is 54.6 Å². The summed E-state index contributed by atoms with van der Waals surface area (Å²) >= 11 is 5.96. The van der Waals surface area contributed by atoms with Crippen LogP contribution in [0.2, 0.25) is 0 Å². The standard InChI is InChI=1S/C15H15ClFN/c16-10-15(13-6-2-1-3-7-13)18-11-12-5-4-8-14(17)9-12/h1-9,15,18H,10-11H2. The van der Waals surface area contributed by atoms with Crippen molar-refractivity contribution in [1.29, 1.82) is 0 Å². The first kappa shape index (κ1) is 13.1. The van der Waals surface area contributed by atoms with Crippen LogP contribution >= 0.6 is 11.6 Å². The van der Waals surface area contributed by atoms with Gasteiger partial charge in [-0.05, 0) is 23.3 Å². The van der Waals surface area contributed by atoms with Gasteiger partial charge in [-0.15, -0.1) is 11.6 Å². The van der Waals surface area contributed by atoms with Gasteiger partial charge < -0.3 is 5.32 Å². The van der Waals surface area contributed by atoms with Crippen molar-refractivity contribution in [3.05, 3.63) is 71.5 Å². The Labute approximate surface area is 112 Å². The number of halogens is 2. The van der Waals surface area contributed by atoms with Crippen molar-refractivity contribution >= 4 is 11.6 Å². The van der Waals surface area contributed by atoms with Crippen molar-refractivity contribution in [3.8, 4) is 0 Å². The molecule has 2 aromatic carbocycles. The molecule has 1 unspecified atom stereocenters. The van der Waals surface area contributed by atoms with Crippen molar-refractivity contribution in [3.63, 3.8) is 0 Å². The number of rotatable bonds is 5. The first-order valence-corrected chi connectivity index (χ1v) is 6.42. The van der Waals surface area contributed by atoms with E-state index >= 15 is 0 Å². The van der Waals surface area contributed by atoms with Gasteiger partial charge in [0.05, 0.1) is 0 Å². The fourth-order valence-electron chi connectivity index (χ4n) is 1.83. The first-order chi connectivity index (χ1) is 8.79. The zero-order valence-electron chi connectivity index (χ0n) is 9.94. The van der Waals surface area contributed by atoms with E-state index in [0.717, 1.165) is 11.1 Å². The van der Waals surface area contributed by atoms with E-state index in [4.69, 9.17) is 11.6 Å². The monoisotopic (exact) mass is 263 g/mol. The zero-order chi connectivity index (χ0) is 12.8. The van der Waals surface area contributed by atoms with E-state index in [1.54, 1.807) is 6.07 Å². The van der Waals surface area contributed by atoms with E-state index in [1.807, 2.05) is 36.4 Å². The van der Waals surface area contributed by atoms with Gasteiger partial charge in [0.1, 0.15) is 5.82 Å². The quantitative estimate of drug-likeness (QED) is 0.807. The summed E-state index contributed by atoms with van der Waals surface area (Å²) in [4.78, 5) is 0. The van der Waals surface area contributed by atoms with Crippen LogP contribution in [0, 0.1) is 5.82 Å². The van der Waals surface area contributed by atoms with Crippen LogP contribution in [0.1, 0.15) is 17.2 Å². The van der Waals surface area contributed by atoms with Crippen molar-refractivity contribution in [2.75, 3.05) is 5.88 Å². The van der Waals surface area contributed by atoms with Crippen LogP contribution in [0.4, 0.5) is 4.39 Å². The fraction of sp³-hybridized carbons (Fsp3) is 0.200. The van der Waals surface area contributed by atoms with Gasteiger partial charge in [0.25, 0.3) is 0 Å². The number of hydrogen-bond acceptors (Lipinski definition) is 1. The Morgan fingerprint density at radius 3 is 2.50 bits per heavy atom. The molecular formula is C15H15ClFN. The second kappa shape index (κ2) is 6.53. The summed E-state index contributed by atoms with van der Waals surface area (Å²) in [5.41, 5.74) is 2.06. The third-order valence-electron chi connectivity index (χ3n) is 2.80. The second-order valence-electron chi connectivity index (χ2n) is 4.13. The van der Waals surface area contributed by atoms with E-state index in [9.17, 15) is 4.39 Å². The van der Waals surface area contributed by atoms with Crippen molar-refractivity contribution in [2.24, 2.45) is 0 Å². The molecule has 0 radical (unpaired) electrons. The molecule has 0 amide bonds. The molecule has 0 aromatic heterocycles. The van der Waals surface area contributed by atoms with Crippen molar-refractivity contribution in [1.82, 2.24) is 5.32 Å². The lowest BCUT2D eigenvalue weighted by Gasteiger charge is -2.16. The maximum absolute atomic E-state index is 13.0. The number of benzene rings is 2. The van der Waals surface area contributed by atoms with Crippen LogP contribution in [-0.2, 0) is 6.54 Å². The molecule has 0 aliphatic carbocycles. The molecule has 0 bridgehead atoms. The summed E-state index contributed by atoms with van der Waals surface area (Å²) in [5.74, 6) is 0.274. The lowest BCUT2D eigenvalue weighted by Crippen LogP contribution is -2.22. The highest BCUT2D eigenvalue weighted by Crippen LogP contribution is 2.15. The summed E-state index contributed by atoms with van der Waals surface area (Å²) in [5, 5.41) is 3.33. The third kappa shape index (κ3) is 3.56. The molecule has 0 aliphatic rings. The minimum Gasteiger partial charge on any atom is -0.305 e. The van der Waals surface area contributed by atoms with Crippen LogP contribution < -0.4 is 5.32 Å². The molecule has 0 saturated carbocycles. The molecule has 94 valence electrons. The molecule has 2 aromatic rings. The fourth-order valence-corrected chi connectivity index (χ4v) is 2.12. The summed E-state index contributed by atoms with van der Waals surface area (Å²) < 4.78 is 13.0. The molecule has 0 fully saturated rings. The van der Waals surface area contributed by atoms with Gasteiger partial charge in [-0.2, -0.15) is 0 Å². The Morgan fingerprint density at radius 2 is 1.83 bits per heavy atom. The smallest absolute Gasteiger partial charge is 0.123 e. The Hall–Kier alpha value is -1.38. The summed E-state index contributed by atoms with van der Waals surface area (Å²) in [6, 6.07) is 16.7. The predicted octanol–water partition coefficient (Wildman–Crippen LogP) is 3.90. The van der Waals surface area contributed by atoms with Crippen molar-refractivity contribution in [2.45, 2.75) is 12.6 Å². The van der Waals surface area contributed by atoms with Gasteiger partial charge >= 0.3 is 0 Å². The Balaban J connectivity index is 2.00. The molecule has 0 saturated heterocycles. The number of alkyl halides is 1. The summed E-state index contributed by atoms with van der Waals surface area (Å²) in [7, 11) is 0. The highest BCUT2D eigenvalue weighted by molar-refractivity contribution is 6.18. The van der Waals surface area contributed by atoms with E-state index in [2.05, 4.69) is 5.32 Å². The summed E-state index contributed by atoms with van der Waals surface area (Å²) in [6.07, 6.45) is 0. The van der Waals surface area contributed by atoms with Gasteiger partial charge in [0, 0.05) is 18.5 Å². The van der Waals surface area contributed by atoms with E-state index in [0.29, 0.717) is 12.4 Å². The highest BCUT2D eigenvalue weighted by atomic mass is 35.5.